The van der Waals surface area contributed by atoms with Crippen molar-refractivity contribution in [2.75, 3.05) is 0 Å². The molecule has 0 saturated heterocycles. The predicted molar refractivity (Wildman–Crippen MR) is 58.0 cm³/mol. The number of hydrogen-bond donors (Lipinski definition) is 0. The summed E-state index contributed by atoms with van der Waals surface area (Å²) in [5.41, 5.74) is 1.11. The third-order valence-electron chi connectivity index (χ3n) is 1.94. The molecule has 2 rings (SSSR count). The molecular formula is C9H9BF5NS. The van der Waals surface area contributed by atoms with E-state index in [-0.39, 0.29) is 6.67 Å². The van der Waals surface area contributed by atoms with E-state index >= 15 is 0 Å². The fraction of sp³-hybridized carbons (Fsp3) is 0.222. The van der Waals surface area contributed by atoms with Crippen LogP contribution in [0.5, 0.6) is 0 Å². The molecule has 0 unspecified atom stereocenters. The number of aryl methyl sites for hydroxylation is 1. The summed E-state index contributed by atoms with van der Waals surface area (Å²) in [6.07, 6.45) is 0. The van der Waals surface area contributed by atoms with E-state index in [0.29, 0.717) is 0 Å². The molecule has 0 saturated carbocycles. The van der Waals surface area contributed by atoms with E-state index in [9.17, 15) is 21.7 Å². The lowest BCUT2D eigenvalue weighted by molar-refractivity contribution is -0.649. The van der Waals surface area contributed by atoms with Crippen LogP contribution in [-0.4, -0.2) is 7.25 Å². The highest BCUT2D eigenvalue weighted by molar-refractivity contribution is 7.18. The average molecular weight is 269 g/mol. The molecule has 0 fully saturated rings. The third-order valence-corrected chi connectivity index (χ3v) is 3.13. The smallest absolute Gasteiger partial charge is 0.418 e. The van der Waals surface area contributed by atoms with Crippen LogP contribution in [0.3, 0.4) is 0 Å². The maximum absolute atomic E-state index is 12.4. The van der Waals surface area contributed by atoms with Crippen LogP contribution in [0.1, 0.15) is 5.01 Å². The lowest BCUT2D eigenvalue weighted by Crippen LogP contribution is -2.29. The fourth-order valence-electron chi connectivity index (χ4n) is 1.27. The number of benzene rings is 1. The van der Waals surface area contributed by atoms with Gasteiger partial charge in [-0.1, -0.05) is 23.5 Å². The van der Waals surface area contributed by atoms with Gasteiger partial charge in [-0.15, -0.1) is 0 Å². The van der Waals surface area contributed by atoms with E-state index in [1.807, 2.05) is 35.9 Å². The second kappa shape index (κ2) is 5.44. The molecule has 0 spiro atoms. The Hall–Kier alpha value is -1.18. The topological polar surface area (TPSA) is 3.88 Å². The van der Waals surface area contributed by atoms with E-state index < -0.39 is 7.25 Å². The Bertz CT molecular complexity index is 490. The number of aromatic nitrogens is 1. The first-order chi connectivity index (χ1) is 7.83. The summed E-state index contributed by atoms with van der Waals surface area (Å²) >= 11 is 1.51. The summed E-state index contributed by atoms with van der Waals surface area (Å²) in [5, 5.41) is 0.774. The van der Waals surface area contributed by atoms with Crippen molar-refractivity contribution in [3.8, 4) is 0 Å². The molecule has 94 valence electrons. The molecule has 0 N–H and O–H groups in total. The Balaban J connectivity index is 0.000000249. The zero-order valence-corrected chi connectivity index (χ0v) is 9.66. The van der Waals surface area contributed by atoms with Crippen molar-refractivity contribution in [3.05, 3.63) is 29.3 Å². The first kappa shape index (κ1) is 13.9. The van der Waals surface area contributed by atoms with Gasteiger partial charge in [-0.3, -0.25) is 0 Å². The van der Waals surface area contributed by atoms with Gasteiger partial charge in [-0.25, -0.2) is 4.39 Å². The van der Waals surface area contributed by atoms with E-state index in [4.69, 9.17) is 0 Å². The molecule has 0 aliphatic heterocycles. The van der Waals surface area contributed by atoms with E-state index in [1.54, 1.807) is 0 Å². The summed E-state index contributed by atoms with van der Waals surface area (Å²) in [5.74, 6) is 0. The van der Waals surface area contributed by atoms with Gasteiger partial charge in [0.1, 0.15) is 11.7 Å². The summed E-state index contributed by atoms with van der Waals surface area (Å²) in [6.45, 7) is -0.379. The average Bonchev–Trinajstić information content (AvgIpc) is 2.54. The van der Waals surface area contributed by atoms with E-state index in [2.05, 4.69) is 0 Å². The molecule has 0 aliphatic carbocycles. The maximum Gasteiger partial charge on any atom is 0.673 e. The van der Waals surface area contributed by atoms with Gasteiger partial charge in [0.25, 0.3) is 5.01 Å². The molecule has 0 atom stereocenters. The third kappa shape index (κ3) is 4.30. The molecule has 1 nitrogen and oxygen atoms in total. The lowest BCUT2D eigenvalue weighted by atomic mass is 10.3. The molecule has 2 aromatic rings. The zero-order valence-electron chi connectivity index (χ0n) is 8.84. The van der Waals surface area contributed by atoms with Crippen molar-refractivity contribution in [1.82, 2.24) is 0 Å². The number of nitrogens with zero attached hydrogens (tertiary/aromatic N) is 1. The minimum atomic E-state index is -6.00. The van der Waals surface area contributed by atoms with Crippen molar-refractivity contribution in [2.45, 2.75) is 6.67 Å². The van der Waals surface area contributed by atoms with Gasteiger partial charge in [0.05, 0.1) is 0 Å². The Labute approximate surface area is 98.6 Å². The Kier molecular flexibility index (Phi) is 4.44. The van der Waals surface area contributed by atoms with Crippen molar-refractivity contribution in [3.63, 3.8) is 0 Å². The highest BCUT2D eigenvalue weighted by Crippen LogP contribution is 2.19. The summed E-state index contributed by atoms with van der Waals surface area (Å²) in [4.78, 5) is 0. The van der Waals surface area contributed by atoms with Gasteiger partial charge >= 0.3 is 7.25 Å². The normalized spacial score (nSPS) is 11.2. The van der Waals surface area contributed by atoms with Crippen LogP contribution in [0.2, 0.25) is 0 Å². The van der Waals surface area contributed by atoms with Gasteiger partial charge in [0.15, 0.2) is 6.67 Å². The second-order valence-corrected chi connectivity index (χ2v) is 4.27. The molecule has 0 aliphatic rings. The molecule has 8 heteroatoms. The number of thiazole rings is 1. The van der Waals surface area contributed by atoms with Crippen LogP contribution in [0.4, 0.5) is 21.7 Å². The first-order valence-electron chi connectivity index (χ1n) is 4.62. The quantitative estimate of drug-likeness (QED) is 0.424. The number of para-hydroxylation sites is 1. The van der Waals surface area contributed by atoms with Crippen LogP contribution >= 0.6 is 11.3 Å². The maximum atomic E-state index is 12.4. The molecular weight excluding hydrogens is 260 g/mol. The van der Waals surface area contributed by atoms with Crippen LogP contribution in [0, 0.1) is 0 Å². The van der Waals surface area contributed by atoms with Crippen molar-refractivity contribution < 1.29 is 26.2 Å². The predicted octanol–water partition coefficient (Wildman–Crippen LogP) is 3.50. The largest absolute Gasteiger partial charge is 0.673 e. The molecule has 0 bridgehead atoms. The first-order valence-corrected chi connectivity index (χ1v) is 5.44. The SMILES string of the molecule is C[n+]1c(CF)sc2ccccc21.F[B-](F)(F)F. The number of fused-ring (bicyclic) bond motifs is 1. The van der Waals surface area contributed by atoms with E-state index in [0.717, 1.165) is 15.2 Å². The molecule has 1 aromatic heterocycles. The van der Waals surface area contributed by atoms with Crippen LogP contribution in [0.25, 0.3) is 10.2 Å². The van der Waals surface area contributed by atoms with Crippen molar-refractivity contribution in [2.24, 2.45) is 7.05 Å². The highest BCUT2D eigenvalue weighted by atomic mass is 32.1. The number of hydrogen-bond acceptors (Lipinski definition) is 1. The monoisotopic (exact) mass is 269 g/mol. The Morgan fingerprint density at radius 2 is 1.71 bits per heavy atom. The number of rotatable bonds is 1. The summed E-state index contributed by atoms with van der Waals surface area (Å²) in [7, 11) is -4.10. The van der Waals surface area contributed by atoms with E-state index in [1.165, 1.54) is 11.3 Å². The van der Waals surface area contributed by atoms with Crippen LogP contribution in [0.15, 0.2) is 24.3 Å². The van der Waals surface area contributed by atoms with Gasteiger partial charge in [-0.05, 0) is 6.07 Å². The summed E-state index contributed by atoms with van der Waals surface area (Å²) < 4.78 is 54.5. The number of halogens is 5. The molecule has 0 amide bonds. The van der Waals surface area contributed by atoms with Gasteiger partial charge < -0.3 is 17.3 Å². The van der Waals surface area contributed by atoms with Crippen LogP contribution in [-0.2, 0) is 13.7 Å². The molecule has 1 heterocycles. The van der Waals surface area contributed by atoms with Gasteiger partial charge in [0, 0.05) is 6.07 Å². The fourth-order valence-corrected chi connectivity index (χ4v) is 2.27. The minimum Gasteiger partial charge on any atom is -0.418 e. The molecule has 1 aromatic carbocycles. The highest BCUT2D eigenvalue weighted by Gasteiger charge is 2.20. The number of alkyl halides is 1. The van der Waals surface area contributed by atoms with Gasteiger partial charge in [0.2, 0.25) is 5.52 Å². The second-order valence-electron chi connectivity index (χ2n) is 3.15. The minimum absolute atomic E-state index is 0.379. The Morgan fingerprint density at radius 1 is 1.18 bits per heavy atom. The molecule has 17 heavy (non-hydrogen) atoms. The Morgan fingerprint density at radius 3 is 2.18 bits per heavy atom. The van der Waals surface area contributed by atoms with Crippen molar-refractivity contribution in [1.29, 1.82) is 0 Å². The van der Waals surface area contributed by atoms with Gasteiger partial charge in [-0.2, -0.15) is 4.57 Å². The van der Waals surface area contributed by atoms with Crippen molar-refractivity contribution >= 4 is 28.8 Å². The lowest BCUT2D eigenvalue weighted by Gasteiger charge is -1.94. The summed E-state index contributed by atoms with van der Waals surface area (Å²) in [6, 6.07) is 7.96. The zero-order chi connectivity index (χ0) is 13.1. The van der Waals surface area contributed by atoms with Crippen LogP contribution < -0.4 is 4.57 Å². The standard InChI is InChI=1S/C9H9FNS.BF4/c1-11-7-4-2-3-5-8(7)12-9(11)6-10;2-1(3,4)5/h2-5H,6H2,1H3;/q+1;-1. The molecule has 0 radical (unpaired) electrons.